The molecule has 6 nitrogen and oxygen atoms in total. The van der Waals surface area contributed by atoms with Crippen molar-refractivity contribution in [3.8, 4) is 11.5 Å². The van der Waals surface area contributed by atoms with Gasteiger partial charge in [0, 0.05) is 36.3 Å². The zero-order valence-electron chi connectivity index (χ0n) is 17.3. The highest BCUT2D eigenvalue weighted by Crippen LogP contribution is 2.35. The molecule has 0 saturated carbocycles. The van der Waals surface area contributed by atoms with E-state index < -0.39 is 0 Å². The van der Waals surface area contributed by atoms with Crippen LogP contribution in [-0.2, 0) is 0 Å². The number of hydrogen-bond donors (Lipinski definition) is 0. The Labute approximate surface area is 166 Å². The van der Waals surface area contributed by atoms with Crippen LogP contribution < -0.4 is 14.4 Å². The SMILES string of the molecule is COc1ccc(C2=NN(C(=O)c3cccc(N(C)C)c3)CC2(C)C)cc1OC. The van der Waals surface area contributed by atoms with E-state index in [1.54, 1.807) is 19.2 Å². The maximum absolute atomic E-state index is 13.1. The van der Waals surface area contributed by atoms with E-state index in [9.17, 15) is 4.79 Å². The maximum atomic E-state index is 13.1. The first-order chi connectivity index (χ1) is 13.3. The molecule has 3 rings (SSSR count). The Morgan fingerprint density at radius 2 is 1.79 bits per heavy atom. The lowest BCUT2D eigenvalue weighted by Gasteiger charge is -2.21. The van der Waals surface area contributed by atoms with Crippen molar-refractivity contribution in [3.63, 3.8) is 0 Å². The molecule has 0 radical (unpaired) electrons. The second kappa shape index (κ2) is 7.54. The minimum atomic E-state index is -0.283. The average molecular weight is 381 g/mol. The number of carbonyl (C=O) groups excluding carboxylic acids is 1. The van der Waals surface area contributed by atoms with Gasteiger partial charge in [0.25, 0.3) is 5.91 Å². The van der Waals surface area contributed by atoms with Crippen LogP contribution in [0.3, 0.4) is 0 Å². The van der Waals surface area contributed by atoms with Gasteiger partial charge in [-0.2, -0.15) is 5.10 Å². The van der Waals surface area contributed by atoms with Gasteiger partial charge in [0.2, 0.25) is 0 Å². The third-order valence-electron chi connectivity index (χ3n) is 4.91. The fourth-order valence-corrected chi connectivity index (χ4v) is 3.36. The van der Waals surface area contributed by atoms with Gasteiger partial charge in [-0.3, -0.25) is 4.79 Å². The molecule has 2 aromatic carbocycles. The van der Waals surface area contributed by atoms with Crippen LogP contribution in [0.5, 0.6) is 11.5 Å². The van der Waals surface area contributed by atoms with E-state index >= 15 is 0 Å². The summed E-state index contributed by atoms with van der Waals surface area (Å²) in [7, 11) is 7.12. The molecule has 0 saturated heterocycles. The van der Waals surface area contributed by atoms with Gasteiger partial charge in [0.1, 0.15) is 0 Å². The number of rotatable bonds is 5. The second-order valence-electron chi connectivity index (χ2n) is 7.71. The molecule has 0 aromatic heterocycles. The van der Waals surface area contributed by atoms with E-state index in [4.69, 9.17) is 9.47 Å². The zero-order chi connectivity index (χ0) is 20.5. The normalized spacial score (nSPS) is 15.2. The predicted molar refractivity (Wildman–Crippen MR) is 112 cm³/mol. The highest BCUT2D eigenvalue weighted by Gasteiger charge is 2.38. The summed E-state index contributed by atoms with van der Waals surface area (Å²) in [5.74, 6) is 1.20. The third-order valence-corrected chi connectivity index (χ3v) is 4.91. The quantitative estimate of drug-likeness (QED) is 0.793. The van der Waals surface area contributed by atoms with Crippen molar-refractivity contribution in [3.05, 3.63) is 53.6 Å². The molecule has 0 spiro atoms. The number of hydrogen-bond acceptors (Lipinski definition) is 5. The van der Waals surface area contributed by atoms with E-state index in [2.05, 4.69) is 18.9 Å². The molecule has 2 aromatic rings. The number of carbonyl (C=O) groups is 1. The predicted octanol–water partition coefficient (Wildman–Crippen LogP) is 3.66. The topological polar surface area (TPSA) is 54.4 Å². The van der Waals surface area contributed by atoms with Crippen LogP contribution in [-0.4, -0.2) is 51.5 Å². The van der Waals surface area contributed by atoms with Gasteiger partial charge >= 0.3 is 0 Å². The number of benzene rings is 2. The Morgan fingerprint density at radius 1 is 1.07 bits per heavy atom. The van der Waals surface area contributed by atoms with Gasteiger partial charge in [-0.15, -0.1) is 0 Å². The molecule has 148 valence electrons. The standard InChI is InChI=1S/C22H27N3O3/c1-22(2)14-25(21(26)16-8-7-9-17(12-16)24(3)4)23-20(22)15-10-11-18(27-5)19(13-15)28-6/h7-13H,14H2,1-6H3. The van der Waals surface area contributed by atoms with Crippen LogP contribution in [0.1, 0.15) is 29.8 Å². The number of ether oxygens (including phenoxy) is 2. The lowest BCUT2D eigenvalue weighted by Crippen LogP contribution is -2.31. The first-order valence-electron chi connectivity index (χ1n) is 9.17. The number of anilines is 1. The molecule has 0 N–H and O–H groups in total. The molecule has 1 aliphatic rings. The summed E-state index contributed by atoms with van der Waals surface area (Å²) in [5.41, 5.74) is 3.09. The largest absolute Gasteiger partial charge is 0.493 e. The first-order valence-corrected chi connectivity index (χ1v) is 9.17. The Hall–Kier alpha value is -3.02. The van der Waals surface area contributed by atoms with Crippen LogP contribution >= 0.6 is 0 Å². The van der Waals surface area contributed by atoms with Crippen LogP contribution in [0.2, 0.25) is 0 Å². The van der Waals surface area contributed by atoms with Crippen molar-refractivity contribution in [1.29, 1.82) is 0 Å². The van der Waals surface area contributed by atoms with Crippen molar-refractivity contribution in [1.82, 2.24) is 5.01 Å². The lowest BCUT2D eigenvalue weighted by molar-refractivity contribution is 0.0753. The van der Waals surface area contributed by atoms with E-state index in [1.165, 1.54) is 0 Å². The Bertz CT molecular complexity index is 919. The summed E-state index contributed by atoms with van der Waals surface area (Å²) < 4.78 is 10.7. The summed E-state index contributed by atoms with van der Waals surface area (Å²) in [6.45, 7) is 4.69. The van der Waals surface area contributed by atoms with Gasteiger partial charge in [-0.1, -0.05) is 19.9 Å². The van der Waals surface area contributed by atoms with E-state index in [1.807, 2.05) is 61.5 Å². The summed E-state index contributed by atoms with van der Waals surface area (Å²) in [6, 6.07) is 13.3. The van der Waals surface area contributed by atoms with E-state index in [0.717, 1.165) is 17.0 Å². The molecule has 0 unspecified atom stereocenters. The molecule has 0 atom stereocenters. The van der Waals surface area contributed by atoms with Crippen molar-refractivity contribution in [2.75, 3.05) is 39.8 Å². The molecule has 1 amide bonds. The molecular formula is C22H27N3O3. The fraction of sp³-hybridized carbons (Fsp3) is 0.364. The first kappa shape index (κ1) is 19.7. The highest BCUT2D eigenvalue weighted by molar-refractivity contribution is 6.08. The Balaban J connectivity index is 1.95. The minimum absolute atomic E-state index is 0.104. The van der Waals surface area contributed by atoms with Crippen molar-refractivity contribution in [2.24, 2.45) is 10.5 Å². The van der Waals surface area contributed by atoms with Crippen LogP contribution in [0.4, 0.5) is 5.69 Å². The van der Waals surface area contributed by atoms with Crippen molar-refractivity contribution < 1.29 is 14.3 Å². The van der Waals surface area contributed by atoms with Gasteiger partial charge in [0.15, 0.2) is 11.5 Å². The average Bonchev–Trinajstić information content (AvgIpc) is 3.02. The molecule has 6 heteroatoms. The van der Waals surface area contributed by atoms with Gasteiger partial charge < -0.3 is 14.4 Å². The monoisotopic (exact) mass is 381 g/mol. The van der Waals surface area contributed by atoms with Crippen molar-refractivity contribution >= 4 is 17.3 Å². The molecule has 0 bridgehead atoms. The summed E-state index contributed by atoms with van der Waals surface area (Å²) in [5, 5.41) is 6.24. The van der Waals surface area contributed by atoms with E-state index in [-0.39, 0.29) is 11.3 Å². The zero-order valence-corrected chi connectivity index (χ0v) is 17.3. The summed E-state index contributed by atoms with van der Waals surface area (Å²) in [4.78, 5) is 15.0. The van der Waals surface area contributed by atoms with Gasteiger partial charge in [-0.05, 0) is 36.4 Å². The van der Waals surface area contributed by atoms with E-state index in [0.29, 0.717) is 23.6 Å². The Morgan fingerprint density at radius 3 is 2.43 bits per heavy atom. The summed E-state index contributed by atoms with van der Waals surface area (Å²) >= 11 is 0. The van der Waals surface area contributed by atoms with Crippen molar-refractivity contribution in [2.45, 2.75) is 13.8 Å². The van der Waals surface area contributed by atoms with Gasteiger partial charge in [-0.25, -0.2) is 5.01 Å². The molecule has 1 aliphatic heterocycles. The minimum Gasteiger partial charge on any atom is -0.493 e. The van der Waals surface area contributed by atoms with Crippen LogP contribution in [0.15, 0.2) is 47.6 Å². The number of methoxy groups -OCH3 is 2. The van der Waals surface area contributed by atoms with Crippen LogP contribution in [0.25, 0.3) is 0 Å². The molecular weight excluding hydrogens is 354 g/mol. The fourth-order valence-electron chi connectivity index (χ4n) is 3.36. The van der Waals surface area contributed by atoms with Crippen LogP contribution in [0, 0.1) is 5.41 Å². The molecule has 1 heterocycles. The van der Waals surface area contributed by atoms with Gasteiger partial charge in [0.05, 0.1) is 26.5 Å². The molecule has 0 aliphatic carbocycles. The third kappa shape index (κ3) is 3.67. The second-order valence-corrected chi connectivity index (χ2v) is 7.71. The smallest absolute Gasteiger partial charge is 0.274 e. The number of hydrazone groups is 1. The maximum Gasteiger partial charge on any atom is 0.274 e. The Kier molecular flexibility index (Phi) is 5.31. The molecule has 28 heavy (non-hydrogen) atoms. The highest BCUT2D eigenvalue weighted by atomic mass is 16.5. The molecule has 0 fully saturated rings. The number of nitrogens with zero attached hydrogens (tertiary/aromatic N) is 3. The lowest BCUT2D eigenvalue weighted by atomic mass is 9.84. The summed E-state index contributed by atoms with van der Waals surface area (Å²) in [6.07, 6.45) is 0. The number of amides is 1.